The summed E-state index contributed by atoms with van der Waals surface area (Å²) in [5, 5.41) is 0. The van der Waals surface area contributed by atoms with Crippen molar-refractivity contribution < 1.29 is 13.9 Å². The second-order valence-electron chi connectivity index (χ2n) is 9.40. The van der Waals surface area contributed by atoms with E-state index >= 15 is 0 Å². The standard InChI is InChI=1S/C26H29FN2O2/c1-15-25-21(20-6-3-7-24(28)22(20)13-23(25)26(30)31-15)11-10-19-9-8-17(14-29-19)16-4-2-5-18(27)12-16/h2,4-5,8-12,14-15,20-25H,3,6-7,13,28H2,1H3/t15-,20+,21+,22+,23-,24+,25+/m1/s1. The number of carbonyl (C=O) groups is 1. The normalized spacial score (nSPS) is 34.9. The number of carbonyl (C=O) groups excluding carboxylic acids is 1. The number of pyridine rings is 1. The fourth-order valence-corrected chi connectivity index (χ4v) is 6.23. The zero-order chi connectivity index (χ0) is 21.5. The Hall–Kier alpha value is -2.53. The molecule has 2 N–H and O–H groups in total. The molecule has 7 atom stereocenters. The van der Waals surface area contributed by atoms with E-state index in [0.717, 1.165) is 42.5 Å². The molecule has 2 aromatic rings. The largest absolute Gasteiger partial charge is 0.462 e. The minimum atomic E-state index is -0.254. The van der Waals surface area contributed by atoms with Crippen LogP contribution in [0.15, 0.2) is 48.7 Å². The molecule has 2 aliphatic carbocycles. The van der Waals surface area contributed by atoms with Crippen molar-refractivity contribution in [1.82, 2.24) is 4.98 Å². The zero-order valence-corrected chi connectivity index (χ0v) is 17.8. The van der Waals surface area contributed by atoms with Crippen molar-refractivity contribution in [1.29, 1.82) is 0 Å². The highest BCUT2D eigenvalue weighted by Crippen LogP contribution is 2.53. The molecule has 31 heavy (non-hydrogen) atoms. The summed E-state index contributed by atoms with van der Waals surface area (Å²) in [5.74, 6) is 0.998. The van der Waals surface area contributed by atoms with Crippen LogP contribution in [0.3, 0.4) is 0 Å². The molecule has 5 heteroatoms. The molecule has 0 unspecified atom stereocenters. The fourth-order valence-electron chi connectivity index (χ4n) is 6.23. The van der Waals surface area contributed by atoms with Gasteiger partial charge in [0.05, 0.1) is 11.6 Å². The van der Waals surface area contributed by atoms with E-state index in [0.29, 0.717) is 11.8 Å². The van der Waals surface area contributed by atoms with Gasteiger partial charge in [0.2, 0.25) is 0 Å². The summed E-state index contributed by atoms with van der Waals surface area (Å²) in [7, 11) is 0. The minimum absolute atomic E-state index is 0.0432. The average Bonchev–Trinajstić information content (AvgIpc) is 3.05. The molecule has 162 valence electrons. The summed E-state index contributed by atoms with van der Waals surface area (Å²) in [6.45, 7) is 2.03. The first-order valence-electron chi connectivity index (χ1n) is 11.4. The van der Waals surface area contributed by atoms with Crippen LogP contribution >= 0.6 is 0 Å². The smallest absolute Gasteiger partial charge is 0.309 e. The van der Waals surface area contributed by atoms with Crippen molar-refractivity contribution >= 4 is 12.0 Å². The van der Waals surface area contributed by atoms with Gasteiger partial charge in [0, 0.05) is 23.7 Å². The number of allylic oxidation sites excluding steroid dienone is 1. The Bertz CT molecular complexity index is 989. The van der Waals surface area contributed by atoms with Crippen molar-refractivity contribution in [2.24, 2.45) is 35.3 Å². The summed E-state index contributed by atoms with van der Waals surface area (Å²) < 4.78 is 19.2. The quantitative estimate of drug-likeness (QED) is 0.722. The lowest BCUT2D eigenvalue weighted by atomic mass is 9.56. The Balaban J connectivity index is 1.40. The second-order valence-corrected chi connectivity index (χ2v) is 9.40. The molecule has 0 bridgehead atoms. The molecule has 2 heterocycles. The van der Waals surface area contributed by atoms with E-state index in [4.69, 9.17) is 10.5 Å². The molecule has 5 rings (SSSR count). The van der Waals surface area contributed by atoms with Gasteiger partial charge in [-0.05, 0) is 73.8 Å². The highest BCUT2D eigenvalue weighted by Gasteiger charge is 2.55. The van der Waals surface area contributed by atoms with E-state index in [2.05, 4.69) is 17.1 Å². The molecule has 1 aromatic carbocycles. The van der Waals surface area contributed by atoms with E-state index in [-0.39, 0.29) is 41.7 Å². The molecular weight excluding hydrogens is 391 g/mol. The van der Waals surface area contributed by atoms with E-state index in [1.54, 1.807) is 12.3 Å². The average molecular weight is 421 g/mol. The van der Waals surface area contributed by atoms with Gasteiger partial charge in [0.25, 0.3) is 0 Å². The minimum Gasteiger partial charge on any atom is -0.462 e. The van der Waals surface area contributed by atoms with Gasteiger partial charge in [0.1, 0.15) is 11.9 Å². The Morgan fingerprint density at radius 1 is 1.16 bits per heavy atom. The maximum absolute atomic E-state index is 13.5. The number of rotatable bonds is 3. The Morgan fingerprint density at radius 2 is 2.03 bits per heavy atom. The molecule has 1 saturated heterocycles. The third-order valence-corrected chi connectivity index (χ3v) is 7.68. The van der Waals surface area contributed by atoms with Crippen molar-refractivity contribution in [2.45, 2.75) is 44.8 Å². The van der Waals surface area contributed by atoms with Gasteiger partial charge in [-0.25, -0.2) is 4.39 Å². The number of benzene rings is 1. The Kier molecular flexibility index (Phi) is 5.39. The molecule has 1 aliphatic heterocycles. The summed E-state index contributed by atoms with van der Waals surface area (Å²) in [4.78, 5) is 17.1. The molecule has 0 amide bonds. The number of esters is 1. The second kappa shape index (κ2) is 8.19. The first-order chi connectivity index (χ1) is 15.0. The lowest BCUT2D eigenvalue weighted by Crippen LogP contribution is -2.49. The number of halogens is 1. The summed E-state index contributed by atoms with van der Waals surface area (Å²) in [6.07, 6.45) is 10.2. The molecule has 3 aliphatic rings. The van der Waals surface area contributed by atoms with Gasteiger partial charge in [-0.15, -0.1) is 0 Å². The number of cyclic esters (lactones) is 1. The number of hydrogen-bond acceptors (Lipinski definition) is 4. The fraction of sp³-hybridized carbons (Fsp3) is 0.462. The van der Waals surface area contributed by atoms with E-state index in [9.17, 15) is 9.18 Å². The van der Waals surface area contributed by atoms with Crippen LogP contribution in [-0.2, 0) is 9.53 Å². The SMILES string of the molecule is C[C@H]1OC(=O)[C@@H]2C[C@H]3[C@@H](CCC[C@@H]3N)[C@H](C=Cc3ccc(-c4cccc(F)c4)cn3)[C@H]12. The van der Waals surface area contributed by atoms with Crippen LogP contribution in [0, 0.1) is 35.4 Å². The van der Waals surface area contributed by atoms with Crippen LogP contribution in [-0.4, -0.2) is 23.1 Å². The Morgan fingerprint density at radius 3 is 2.81 bits per heavy atom. The van der Waals surface area contributed by atoms with Crippen molar-refractivity contribution in [3.63, 3.8) is 0 Å². The molecular formula is C26H29FN2O2. The van der Waals surface area contributed by atoms with Crippen LogP contribution < -0.4 is 5.73 Å². The van der Waals surface area contributed by atoms with Gasteiger partial charge in [-0.3, -0.25) is 9.78 Å². The van der Waals surface area contributed by atoms with Gasteiger partial charge < -0.3 is 10.5 Å². The molecule has 4 nitrogen and oxygen atoms in total. The predicted molar refractivity (Wildman–Crippen MR) is 118 cm³/mol. The van der Waals surface area contributed by atoms with Crippen molar-refractivity contribution in [3.8, 4) is 11.1 Å². The first-order valence-corrected chi connectivity index (χ1v) is 11.4. The number of nitrogens with zero attached hydrogens (tertiary/aromatic N) is 1. The summed E-state index contributed by atoms with van der Waals surface area (Å²) in [5.41, 5.74) is 9.05. The van der Waals surface area contributed by atoms with Crippen molar-refractivity contribution in [3.05, 3.63) is 60.2 Å². The summed E-state index contributed by atoms with van der Waals surface area (Å²) >= 11 is 0. The summed E-state index contributed by atoms with van der Waals surface area (Å²) in [6, 6.07) is 10.6. The topological polar surface area (TPSA) is 65.2 Å². The lowest BCUT2D eigenvalue weighted by Gasteiger charge is -2.48. The number of nitrogens with two attached hydrogens (primary N) is 1. The highest BCUT2D eigenvalue weighted by atomic mass is 19.1. The van der Waals surface area contributed by atoms with Crippen LogP contribution in [0.2, 0.25) is 0 Å². The van der Waals surface area contributed by atoms with Crippen molar-refractivity contribution in [2.75, 3.05) is 0 Å². The maximum Gasteiger partial charge on any atom is 0.309 e. The number of fused-ring (bicyclic) bond motifs is 2. The molecule has 3 fully saturated rings. The lowest BCUT2D eigenvalue weighted by molar-refractivity contribution is -0.144. The molecule has 0 radical (unpaired) electrons. The zero-order valence-electron chi connectivity index (χ0n) is 17.8. The third-order valence-electron chi connectivity index (χ3n) is 7.68. The van der Waals surface area contributed by atoms with Crippen LogP contribution in [0.25, 0.3) is 17.2 Å². The number of ether oxygens (including phenoxy) is 1. The third kappa shape index (κ3) is 3.80. The highest BCUT2D eigenvalue weighted by molar-refractivity contribution is 5.75. The molecule has 1 aromatic heterocycles. The van der Waals surface area contributed by atoms with E-state index in [1.807, 2.05) is 25.1 Å². The van der Waals surface area contributed by atoms with Gasteiger partial charge in [-0.2, -0.15) is 0 Å². The monoisotopic (exact) mass is 420 g/mol. The van der Waals surface area contributed by atoms with E-state index < -0.39 is 0 Å². The number of hydrogen-bond donors (Lipinski definition) is 1. The van der Waals surface area contributed by atoms with Crippen LogP contribution in [0.5, 0.6) is 0 Å². The molecule has 2 saturated carbocycles. The van der Waals surface area contributed by atoms with Gasteiger partial charge in [-0.1, -0.05) is 30.7 Å². The van der Waals surface area contributed by atoms with Crippen LogP contribution in [0.1, 0.15) is 38.3 Å². The van der Waals surface area contributed by atoms with Gasteiger partial charge >= 0.3 is 5.97 Å². The molecule has 0 spiro atoms. The first kappa shape index (κ1) is 20.4. The van der Waals surface area contributed by atoms with Gasteiger partial charge in [0.15, 0.2) is 0 Å². The maximum atomic E-state index is 13.5. The predicted octanol–water partition coefficient (Wildman–Crippen LogP) is 4.84. The Labute approximate surface area is 182 Å². The number of aromatic nitrogens is 1. The van der Waals surface area contributed by atoms with E-state index in [1.165, 1.54) is 12.1 Å². The van der Waals surface area contributed by atoms with Crippen LogP contribution in [0.4, 0.5) is 4.39 Å².